The fourth-order valence-electron chi connectivity index (χ4n) is 2.04. The third kappa shape index (κ3) is 3.31. The average Bonchev–Trinajstić information content (AvgIpc) is 3.27. The minimum Gasteiger partial charge on any atom is -0.445 e. The molecule has 1 aliphatic rings. The van der Waals surface area contributed by atoms with Gasteiger partial charge in [0.1, 0.15) is 12.1 Å². The highest BCUT2D eigenvalue weighted by molar-refractivity contribution is 6.30. The summed E-state index contributed by atoms with van der Waals surface area (Å²) in [4.78, 5) is 20.2. The highest BCUT2D eigenvalue weighted by Gasteiger charge is 2.49. The summed E-state index contributed by atoms with van der Waals surface area (Å²) in [6, 6.07) is 9.53. The number of aromatic nitrogens is 2. The number of nitrogens with one attached hydrogen (secondary N) is 1. The molecule has 1 heterocycles. The molecule has 0 bridgehead atoms. The number of nitrogens with zero attached hydrogens (tertiary/aromatic N) is 2. The number of hydrogen-bond acceptors (Lipinski definition) is 4. The van der Waals surface area contributed by atoms with Crippen LogP contribution in [-0.4, -0.2) is 16.1 Å². The molecule has 3 rings (SSSR count). The first-order valence-electron chi connectivity index (χ1n) is 6.65. The number of carbonyl (C=O) groups excluding carboxylic acids is 1. The zero-order chi connectivity index (χ0) is 14.7. The van der Waals surface area contributed by atoms with Crippen molar-refractivity contribution in [2.75, 3.05) is 0 Å². The van der Waals surface area contributed by atoms with E-state index in [0.29, 0.717) is 10.8 Å². The van der Waals surface area contributed by atoms with Gasteiger partial charge in [0.15, 0.2) is 5.82 Å². The fraction of sp³-hybridized carbons (Fsp3) is 0.267. The molecule has 1 fully saturated rings. The minimum atomic E-state index is -0.502. The van der Waals surface area contributed by atoms with Crippen LogP contribution in [-0.2, 0) is 16.9 Å². The molecular weight excluding hydrogens is 290 g/mol. The maximum Gasteiger partial charge on any atom is 0.408 e. The second-order valence-electron chi connectivity index (χ2n) is 4.99. The van der Waals surface area contributed by atoms with Crippen LogP contribution < -0.4 is 5.32 Å². The molecule has 1 aromatic heterocycles. The maximum atomic E-state index is 11.9. The van der Waals surface area contributed by atoms with Crippen LogP contribution in [0.4, 0.5) is 4.79 Å². The maximum absolute atomic E-state index is 11.9. The number of amides is 1. The topological polar surface area (TPSA) is 64.1 Å². The molecule has 0 saturated heterocycles. The lowest BCUT2D eigenvalue weighted by Crippen LogP contribution is -2.36. The van der Waals surface area contributed by atoms with Crippen molar-refractivity contribution in [2.45, 2.75) is 25.0 Å². The summed E-state index contributed by atoms with van der Waals surface area (Å²) in [7, 11) is 0. The number of benzene rings is 1. The van der Waals surface area contributed by atoms with Gasteiger partial charge in [-0.3, -0.25) is 0 Å². The van der Waals surface area contributed by atoms with E-state index in [-0.39, 0.29) is 6.61 Å². The summed E-state index contributed by atoms with van der Waals surface area (Å²) in [5.41, 5.74) is 0.443. The Morgan fingerprint density at radius 3 is 2.52 bits per heavy atom. The Kier molecular flexibility index (Phi) is 3.75. The molecule has 0 unspecified atom stereocenters. The Labute approximate surface area is 127 Å². The van der Waals surface area contributed by atoms with Crippen molar-refractivity contribution < 1.29 is 9.53 Å². The molecule has 1 amide bonds. The zero-order valence-corrected chi connectivity index (χ0v) is 12.0. The molecule has 1 aromatic carbocycles. The molecule has 1 N–H and O–H groups in total. The Hall–Kier alpha value is -2.14. The Morgan fingerprint density at radius 2 is 1.90 bits per heavy atom. The molecule has 21 heavy (non-hydrogen) atoms. The van der Waals surface area contributed by atoms with Gasteiger partial charge < -0.3 is 10.1 Å². The highest BCUT2D eigenvalue weighted by atomic mass is 35.5. The first-order chi connectivity index (χ1) is 10.2. The van der Waals surface area contributed by atoms with E-state index >= 15 is 0 Å². The van der Waals surface area contributed by atoms with Gasteiger partial charge >= 0.3 is 6.09 Å². The van der Waals surface area contributed by atoms with Crippen molar-refractivity contribution in [3.05, 3.63) is 59.1 Å². The summed E-state index contributed by atoms with van der Waals surface area (Å²) in [6.45, 7) is 0.240. The van der Waals surface area contributed by atoms with Gasteiger partial charge in [0, 0.05) is 12.4 Å². The third-order valence-electron chi connectivity index (χ3n) is 3.35. The van der Waals surface area contributed by atoms with Crippen molar-refractivity contribution in [1.82, 2.24) is 15.3 Å². The van der Waals surface area contributed by atoms with Crippen LogP contribution in [0.2, 0.25) is 5.02 Å². The first kappa shape index (κ1) is 13.8. The van der Waals surface area contributed by atoms with Gasteiger partial charge in [-0.15, -0.1) is 0 Å². The zero-order valence-electron chi connectivity index (χ0n) is 11.3. The number of rotatable bonds is 4. The SMILES string of the molecule is O=C(NC1(c2ncc(Cl)cn2)CC1)OCc1ccccc1. The Bertz CT molecular complexity index is 627. The molecule has 0 atom stereocenters. The van der Waals surface area contributed by atoms with Gasteiger partial charge in [0.2, 0.25) is 0 Å². The number of halogens is 1. The van der Waals surface area contributed by atoms with Crippen molar-refractivity contribution in [3.63, 3.8) is 0 Å². The predicted octanol–water partition coefficient (Wildman–Crippen LogP) is 3.05. The third-order valence-corrected chi connectivity index (χ3v) is 3.55. The Balaban J connectivity index is 1.58. The van der Waals surface area contributed by atoms with Gasteiger partial charge in [-0.2, -0.15) is 0 Å². The van der Waals surface area contributed by atoms with E-state index in [1.165, 1.54) is 12.4 Å². The van der Waals surface area contributed by atoms with Gasteiger partial charge in [-0.1, -0.05) is 41.9 Å². The van der Waals surface area contributed by atoms with Gasteiger partial charge in [0.05, 0.1) is 5.02 Å². The van der Waals surface area contributed by atoms with Crippen molar-refractivity contribution in [3.8, 4) is 0 Å². The van der Waals surface area contributed by atoms with E-state index in [4.69, 9.17) is 16.3 Å². The van der Waals surface area contributed by atoms with E-state index < -0.39 is 11.6 Å². The van der Waals surface area contributed by atoms with E-state index in [1.54, 1.807) is 0 Å². The second kappa shape index (κ2) is 5.69. The van der Waals surface area contributed by atoms with E-state index in [2.05, 4.69) is 15.3 Å². The van der Waals surface area contributed by atoms with Gasteiger partial charge in [0.25, 0.3) is 0 Å². The molecule has 108 valence electrons. The number of ether oxygens (including phenoxy) is 1. The van der Waals surface area contributed by atoms with Crippen LogP contribution in [0.5, 0.6) is 0 Å². The molecule has 0 radical (unpaired) electrons. The quantitative estimate of drug-likeness (QED) is 0.943. The van der Waals surface area contributed by atoms with Crippen LogP contribution in [0.3, 0.4) is 0 Å². The first-order valence-corrected chi connectivity index (χ1v) is 7.03. The number of carbonyl (C=O) groups is 1. The van der Waals surface area contributed by atoms with Gasteiger partial charge in [-0.25, -0.2) is 14.8 Å². The molecule has 0 spiro atoms. The molecule has 1 aliphatic carbocycles. The van der Waals surface area contributed by atoms with Crippen LogP contribution in [0, 0.1) is 0 Å². The molecule has 0 aliphatic heterocycles. The molecule has 6 heteroatoms. The minimum absolute atomic E-state index is 0.240. The lowest BCUT2D eigenvalue weighted by Gasteiger charge is -2.15. The normalized spacial score (nSPS) is 15.3. The smallest absolute Gasteiger partial charge is 0.408 e. The summed E-state index contributed by atoms with van der Waals surface area (Å²) < 4.78 is 5.22. The monoisotopic (exact) mass is 303 g/mol. The summed E-state index contributed by atoms with van der Waals surface area (Å²) in [5, 5.41) is 3.32. The average molecular weight is 304 g/mol. The van der Waals surface area contributed by atoms with Crippen LogP contribution in [0.1, 0.15) is 24.2 Å². The van der Waals surface area contributed by atoms with Crippen molar-refractivity contribution in [2.24, 2.45) is 0 Å². The number of hydrogen-bond donors (Lipinski definition) is 1. The molecule has 2 aromatic rings. The Morgan fingerprint density at radius 1 is 1.24 bits per heavy atom. The highest BCUT2D eigenvalue weighted by Crippen LogP contribution is 2.43. The van der Waals surface area contributed by atoms with E-state index in [9.17, 15) is 4.79 Å². The number of alkyl carbamates (subject to hydrolysis) is 1. The largest absolute Gasteiger partial charge is 0.445 e. The van der Waals surface area contributed by atoms with Crippen molar-refractivity contribution >= 4 is 17.7 Å². The summed E-state index contributed by atoms with van der Waals surface area (Å²) >= 11 is 5.77. The summed E-state index contributed by atoms with van der Waals surface area (Å²) in [5.74, 6) is 0.573. The van der Waals surface area contributed by atoms with Crippen LogP contribution >= 0.6 is 11.6 Å². The van der Waals surface area contributed by atoms with E-state index in [1.807, 2.05) is 30.3 Å². The molecule has 5 nitrogen and oxygen atoms in total. The predicted molar refractivity (Wildman–Crippen MR) is 77.7 cm³/mol. The second-order valence-corrected chi connectivity index (χ2v) is 5.43. The summed E-state index contributed by atoms with van der Waals surface area (Å²) in [6.07, 6.45) is 4.20. The van der Waals surface area contributed by atoms with Crippen LogP contribution in [0.25, 0.3) is 0 Å². The fourth-order valence-corrected chi connectivity index (χ4v) is 2.14. The standard InChI is InChI=1S/C15H14ClN3O2/c16-12-8-17-13(18-9-12)15(6-7-15)19-14(20)21-10-11-4-2-1-3-5-11/h1-5,8-9H,6-7,10H2,(H,19,20). The molecular formula is C15H14ClN3O2. The molecule has 1 saturated carbocycles. The lowest BCUT2D eigenvalue weighted by molar-refractivity contribution is 0.133. The van der Waals surface area contributed by atoms with E-state index in [0.717, 1.165) is 18.4 Å². The van der Waals surface area contributed by atoms with Crippen molar-refractivity contribution in [1.29, 1.82) is 0 Å². The lowest BCUT2D eigenvalue weighted by atomic mass is 10.2. The van der Waals surface area contributed by atoms with Crippen LogP contribution in [0.15, 0.2) is 42.7 Å². The van der Waals surface area contributed by atoms with Gasteiger partial charge in [-0.05, 0) is 18.4 Å².